The van der Waals surface area contributed by atoms with E-state index in [0.29, 0.717) is 12.8 Å². The molecule has 0 aromatic heterocycles. The maximum atomic E-state index is 13.8. The van der Waals surface area contributed by atoms with Gasteiger partial charge in [0.15, 0.2) is 0 Å². The number of hydrogen-bond acceptors (Lipinski definition) is 5. The third-order valence-corrected chi connectivity index (χ3v) is 7.93. The molecule has 1 heterocycles. The van der Waals surface area contributed by atoms with Crippen LogP contribution in [0.25, 0.3) is 0 Å². The number of para-hydroxylation sites is 1. The van der Waals surface area contributed by atoms with Crippen molar-refractivity contribution in [3.63, 3.8) is 0 Å². The molecule has 2 bridgehead atoms. The van der Waals surface area contributed by atoms with Crippen LogP contribution in [0.4, 0.5) is 5.69 Å². The van der Waals surface area contributed by atoms with Crippen LogP contribution in [0.3, 0.4) is 0 Å². The number of hydrogen-bond donors (Lipinski definition) is 1. The molecule has 178 valence electrons. The number of fused-ring (bicyclic) bond motifs is 2. The highest BCUT2D eigenvalue weighted by Gasteiger charge is 2.65. The summed E-state index contributed by atoms with van der Waals surface area (Å²) in [6, 6.07) is 14.7. The quantitative estimate of drug-likeness (QED) is 0.520. The highest BCUT2D eigenvalue weighted by atomic mass is 16.5. The van der Waals surface area contributed by atoms with Gasteiger partial charge in [-0.05, 0) is 36.0 Å². The summed E-state index contributed by atoms with van der Waals surface area (Å²) in [6.07, 6.45) is 1.40. The first-order valence-corrected chi connectivity index (χ1v) is 11.5. The van der Waals surface area contributed by atoms with E-state index >= 15 is 0 Å². The van der Waals surface area contributed by atoms with E-state index in [-0.39, 0.29) is 35.4 Å². The molecule has 34 heavy (non-hydrogen) atoms. The summed E-state index contributed by atoms with van der Waals surface area (Å²) in [5.41, 5.74) is 0.0742. The van der Waals surface area contributed by atoms with Crippen molar-refractivity contribution in [2.24, 2.45) is 16.7 Å². The highest BCUT2D eigenvalue weighted by Crippen LogP contribution is 2.60. The Morgan fingerprint density at radius 2 is 1.71 bits per heavy atom. The molecule has 1 N–H and O–H groups in total. The van der Waals surface area contributed by atoms with Crippen LogP contribution in [0.2, 0.25) is 0 Å². The molecule has 2 aromatic carbocycles. The van der Waals surface area contributed by atoms with Crippen molar-refractivity contribution in [2.75, 3.05) is 12.4 Å². The molecule has 3 unspecified atom stereocenters. The number of imide groups is 1. The number of amides is 3. The fourth-order valence-corrected chi connectivity index (χ4v) is 5.38. The number of likely N-dealkylation sites (tertiary alicyclic amines) is 1. The molecule has 7 nitrogen and oxygen atoms in total. The highest BCUT2D eigenvalue weighted by molar-refractivity contribution is 6.10. The van der Waals surface area contributed by atoms with Gasteiger partial charge in [0.05, 0.1) is 23.8 Å². The molecule has 1 aliphatic carbocycles. The molecular formula is C27H30N2O5. The summed E-state index contributed by atoms with van der Waals surface area (Å²) < 4.78 is 4.83. The van der Waals surface area contributed by atoms with Crippen molar-refractivity contribution >= 4 is 29.4 Å². The summed E-state index contributed by atoms with van der Waals surface area (Å²) >= 11 is 0. The number of nitrogens with one attached hydrogen (secondary N) is 1. The zero-order valence-electron chi connectivity index (χ0n) is 20.0. The Morgan fingerprint density at radius 1 is 1.06 bits per heavy atom. The minimum Gasteiger partial charge on any atom is -0.465 e. The molecule has 2 aliphatic rings. The van der Waals surface area contributed by atoms with Gasteiger partial charge >= 0.3 is 5.97 Å². The number of benzene rings is 2. The minimum absolute atomic E-state index is 0.174. The fraction of sp³-hybridized carbons (Fsp3) is 0.407. The second kappa shape index (κ2) is 8.70. The van der Waals surface area contributed by atoms with E-state index in [1.54, 1.807) is 24.3 Å². The summed E-state index contributed by atoms with van der Waals surface area (Å²) in [5.74, 6) is -2.06. The van der Waals surface area contributed by atoms with Gasteiger partial charge in [-0.1, -0.05) is 63.2 Å². The van der Waals surface area contributed by atoms with Gasteiger partial charge in [-0.2, -0.15) is 0 Å². The monoisotopic (exact) mass is 462 g/mol. The third-order valence-electron chi connectivity index (χ3n) is 7.93. The third kappa shape index (κ3) is 3.69. The Bertz CT molecular complexity index is 1140. The summed E-state index contributed by atoms with van der Waals surface area (Å²) in [4.78, 5) is 54.4. The normalized spacial score (nSPS) is 24.0. The SMILES string of the molecule is COC(=O)c1ccccc1NC(=O)C(Cc1ccccc1)N1C(=O)C2CCC(C)(C1=O)C2(C)C. The predicted molar refractivity (Wildman–Crippen MR) is 127 cm³/mol. The topological polar surface area (TPSA) is 92.8 Å². The Labute approximate surface area is 199 Å². The Balaban J connectivity index is 1.73. The molecule has 7 heteroatoms. The van der Waals surface area contributed by atoms with Crippen LogP contribution in [0.15, 0.2) is 54.6 Å². The number of nitrogens with zero attached hydrogens (tertiary/aromatic N) is 1. The van der Waals surface area contributed by atoms with Crippen molar-refractivity contribution in [1.82, 2.24) is 4.90 Å². The van der Waals surface area contributed by atoms with Gasteiger partial charge in [0.25, 0.3) is 0 Å². The molecule has 2 fully saturated rings. The molecular weight excluding hydrogens is 432 g/mol. The lowest BCUT2D eigenvalue weighted by Gasteiger charge is -2.49. The van der Waals surface area contributed by atoms with E-state index in [1.807, 2.05) is 51.1 Å². The number of methoxy groups -OCH3 is 1. The van der Waals surface area contributed by atoms with E-state index in [0.717, 1.165) is 5.56 Å². The van der Waals surface area contributed by atoms with Crippen LogP contribution in [0.1, 0.15) is 49.5 Å². The molecule has 4 rings (SSSR count). The van der Waals surface area contributed by atoms with Crippen LogP contribution >= 0.6 is 0 Å². The summed E-state index contributed by atoms with van der Waals surface area (Å²) in [7, 11) is 1.27. The first kappa shape index (κ1) is 23.7. The smallest absolute Gasteiger partial charge is 0.339 e. The predicted octanol–water partition coefficient (Wildman–Crippen LogP) is 3.83. The van der Waals surface area contributed by atoms with Gasteiger partial charge in [0.1, 0.15) is 6.04 Å². The van der Waals surface area contributed by atoms with Gasteiger partial charge in [-0.3, -0.25) is 19.3 Å². The molecule has 0 radical (unpaired) electrons. The standard InChI is InChI=1S/C27H30N2O5/c1-26(2)19-14-15-27(26,3)25(33)29(23(19)31)21(16-17-10-6-5-7-11-17)22(30)28-20-13-9-8-12-18(20)24(32)34-4/h5-13,19,21H,14-16H2,1-4H3,(H,28,30). The van der Waals surface area contributed by atoms with E-state index in [1.165, 1.54) is 12.0 Å². The van der Waals surface area contributed by atoms with Crippen LogP contribution in [0, 0.1) is 16.7 Å². The molecule has 1 saturated heterocycles. The molecule has 1 saturated carbocycles. The summed E-state index contributed by atoms with van der Waals surface area (Å²) in [5, 5.41) is 2.78. The lowest BCUT2D eigenvalue weighted by Crippen LogP contribution is -2.64. The van der Waals surface area contributed by atoms with Crippen LogP contribution in [0.5, 0.6) is 0 Å². The second-order valence-electron chi connectivity index (χ2n) is 9.89. The van der Waals surface area contributed by atoms with Crippen molar-refractivity contribution in [1.29, 1.82) is 0 Å². The lowest BCUT2D eigenvalue weighted by molar-refractivity contribution is -0.172. The maximum absolute atomic E-state index is 13.8. The van der Waals surface area contributed by atoms with E-state index in [4.69, 9.17) is 4.74 Å². The Morgan fingerprint density at radius 3 is 2.38 bits per heavy atom. The van der Waals surface area contributed by atoms with Crippen molar-refractivity contribution in [3.05, 3.63) is 65.7 Å². The molecule has 3 amide bonds. The molecule has 2 aromatic rings. The fourth-order valence-electron chi connectivity index (χ4n) is 5.38. The first-order chi connectivity index (χ1) is 16.1. The number of carbonyl (C=O) groups excluding carboxylic acids is 4. The zero-order valence-corrected chi connectivity index (χ0v) is 20.0. The average Bonchev–Trinajstić information content (AvgIpc) is 3.01. The van der Waals surface area contributed by atoms with Gasteiger partial charge in [-0.25, -0.2) is 4.79 Å². The first-order valence-electron chi connectivity index (χ1n) is 11.5. The van der Waals surface area contributed by atoms with Crippen LogP contribution < -0.4 is 5.32 Å². The van der Waals surface area contributed by atoms with E-state index in [9.17, 15) is 19.2 Å². The van der Waals surface area contributed by atoms with Gasteiger partial charge < -0.3 is 10.1 Å². The number of anilines is 1. The number of piperidine rings is 1. The Kier molecular flexibility index (Phi) is 6.06. The number of esters is 1. The largest absolute Gasteiger partial charge is 0.465 e. The van der Waals surface area contributed by atoms with Gasteiger partial charge in [0.2, 0.25) is 17.7 Å². The second-order valence-corrected chi connectivity index (χ2v) is 9.89. The lowest BCUT2D eigenvalue weighted by atomic mass is 9.62. The Hall–Kier alpha value is -3.48. The molecule has 0 spiro atoms. The number of carbonyl (C=O) groups is 4. The maximum Gasteiger partial charge on any atom is 0.339 e. The van der Waals surface area contributed by atoms with E-state index in [2.05, 4.69) is 5.32 Å². The van der Waals surface area contributed by atoms with Crippen molar-refractivity contribution in [2.45, 2.75) is 46.1 Å². The zero-order chi connectivity index (χ0) is 24.7. The average molecular weight is 463 g/mol. The number of ether oxygens (including phenoxy) is 1. The van der Waals surface area contributed by atoms with Gasteiger partial charge in [-0.15, -0.1) is 0 Å². The van der Waals surface area contributed by atoms with E-state index < -0.39 is 28.7 Å². The minimum atomic E-state index is -1.05. The molecule has 1 aliphatic heterocycles. The van der Waals surface area contributed by atoms with Crippen molar-refractivity contribution in [3.8, 4) is 0 Å². The van der Waals surface area contributed by atoms with Gasteiger partial charge in [0, 0.05) is 12.3 Å². The summed E-state index contributed by atoms with van der Waals surface area (Å²) in [6.45, 7) is 5.84. The van der Waals surface area contributed by atoms with Crippen molar-refractivity contribution < 1.29 is 23.9 Å². The van der Waals surface area contributed by atoms with Crippen LogP contribution in [-0.4, -0.2) is 41.7 Å². The number of rotatable bonds is 6. The molecule has 3 atom stereocenters. The van der Waals surface area contributed by atoms with Crippen LogP contribution in [-0.2, 0) is 25.5 Å².